The Morgan fingerprint density at radius 2 is 1.47 bits per heavy atom. The minimum absolute atomic E-state index is 0.0681. The number of nitrogens with zero attached hydrogens (tertiary/aromatic N) is 1. The van der Waals surface area contributed by atoms with Crippen LogP contribution in [0, 0.1) is 29.1 Å². The van der Waals surface area contributed by atoms with Crippen LogP contribution in [0.4, 0.5) is 27.6 Å². The van der Waals surface area contributed by atoms with Gasteiger partial charge in [-0.3, -0.25) is 0 Å². The molecule has 1 unspecified atom stereocenters. The molecule has 0 radical (unpaired) electrons. The zero-order chi connectivity index (χ0) is 21.4. The zero-order valence-corrected chi connectivity index (χ0v) is 15.8. The van der Waals surface area contributed by atoms with Crippen LogP contribution in [0.5, 0.6) is 0 Å². The summed E-state index contributed by atoms with van der Waals surface area (Å²) < 4.78 is 68.5. The van der Waals surface area contributed by atoms with Gasteiger partial charge in [-0.25, -0.2) is 22.0 Å². The van der Waals surface area contributed by atoms with E-state index in [4.69, 9.17) is 0 Å². The Hall–Kier alpha value is -2.93. The van der Waals surface area contributed by atoms with Crippen LogP contribution >= 0.6 is 0 Å². The molecule has 0 aliphatic carbocycles. The monoisotopic (exact) mass is 419 g/mol. The Balaban J connectivity index is 1.68. The molecule has 1 heterocycles. The summed E-state index contributed by atoms with van der Waals surface area (Å²) >= 11 is 0. The molecule has 1 aliphatic heterocycles. The first-order valence-electron chi connectivity index (χ1n) is 9.49. The number of halogens is 5. The van der Waals surface area contributed by atoms with Gasteiger partial charge in [0.05, 0.1) is 5.56 Å². The van der Waals surface area contributed by atoms with Crippen LogP contribution in [-0.4, -0.2) is 11.7 Å². The molecule has 1 N–H and O–H groups in total. The third-order valence-electron chi connectivity index (χ3n) is 5.37. The van der Waals surface area contributed by atoms with Crippen molar-refractivity contribution in [1.29, 1.82) is 0 Å². The SMILES string of the molecule is OC(c1ccc2c(c1)CCCN2Cc1ccccc1)c1c(F)c(F)c(F)c(F)c1F. The van der Waals surface area contributed by atoms with Gasteiger partial charge in [0.25, 0.3) is 0 Å². The first-order chi connectivity index (χ1) is 14.4. The molecule has 0 bridgehead atoms. The lowest BCUT2D eigenvalue weighted by molar-refractivity contribution is 0.202. The van der Waals surface area contributed by atoms with E-state index in [0.717, 1.165) is 29.8 Å². The Labute approximate surface area is 170 Å². The molecule has 0 saturated heterocycles. The van der Waals surface area contributed by atoms with Crippen molar-refractivity contribution in [3.63, 3.8) is 0 Å². The van der Waals surface area contributed by atoms with Gasteiger partial charge in [-0.05, 0) is 35.6 Å². The van der Waals surface area contributed by atoms with Crippen LogP contribution in [0.3, 0.4) is 0 Å². The topological polar surface area (TPSA) is 23.5 Å². The van der Waals surface area contributed by atoms with E-state index in [1.165, 1.54) is 6.07 Å². The van der Waals surface area contributed by atoms with E-state index in [0.29, 0.717) is 13.0 Å². The maximum atomic E-state index is 14.1. The number of benzene rings is 3. The molecule has 0 spiro atoms. The first kappa shape index (κ1) is 20.3. The lowest BCUT2D eigenvalue weighted by Crippen LogP contribution is -2.29. The molecule has 1 aliphatic rings. The van der Waals surface area contributed by atoms with Gasteiger partial charge in [-0.15, -0.1) is 0 Å². The summed E-state index contributed by atoms with van der Waals surface area (Å²) in [6, 6.07) is 14.6. The van der Waals surface area contributed by atoms with Crippen LogP contribution in [0.25, 0.3) is 0 Å². The number of aliphatic hydroxyl groups is 1. The smallest absolute Gasteiger partial charge is 0.200 e. The molecule has 0 aromatic heterocycles. The molecule has 30 heavy (non-hydrogen) atoms. The summed E-state index contributed by atoms with van der Waals surface area (Å²) in [7, 11) is 0. The highest BCUT2D eigenvalue weighted by molar-refractivity contribution is 5.58. The second-order valence-electron chi connectivity index (χ2n) is 7.28. The number of hydrogen-bond donors (Lipinski definition) is 1. The quantitative estimate of drug-likeness (QED) is 0.347. The predicted molar refractivity (Wildman–Crippen MR) is 103 cm³/mol. The van der Waals surface area contributed by atoms with E-state index < -0.39 is 40.8 Å². The molecule has 2 nitrogen and oxygen atoms in total. The summed E-state index contributed by atoms with van der Waals surface area (Å²) in [6.45, 7) is 1.49. The molecule has 7 heteroatoms. The van der Waals surface area contributed by atoms with E-state index in [1.807, 2.05) is 30.3 Å². The summed E-state index contributed by atoms with van der Waals surface area (Å²) in [5.41, 5.74) is 1.70. The second-order valence-corrected chi connectivity index (χ2v) is 7.28. The molecular formula is C23H18F5NO. The van der Waals surface area contributed by atoms with E-state index in [-0.39, 0.29) is 5.56 Å². The molecule has 1 atom stereocenters. The average molecular weight is 419 g/mol. The van der Waals surface area contributed by atoms with Crippen LogP contribution in [0.2, 0.25) is 0 Å². The number of hydrogen-bond acceptors (Lipinski definition) is 2. The summed E-state index contributed by atoms with van der Waals surface area (Å²) in [5.74, 6) is -10.4. The number of rotatable bonds is 4. The fourth-order valence-corrected chi connectivity index (χ4v) is 3.86. The molecule has 0 amide bonds. The van der Waals surface area contributed by atoms with E-state index >= 15 is 0 Å². The van der Waals surface area contributed by atoms with Gasteiger partial charge in [0.15, 0.2) is 23.3 Å². The largest absolute Gasteiger partial charge is 0.383 e. The van der Waals surface area contributed by atoms with Crippen molar-refractivity contribution in [3.8, 4) is 0 Å². The van der Waals surface area contributed by atoms with Gasteiger partial charge in [0, 0.05) is 18.8 Å². The van der Waals surface area contributed by atoms with Gasteiger partial charge in [0.1, 0.15) is 6.10 Å². The molecule has 0 fully saturated rings. The van der Waals surface area contributed by atoms with Gasteiger partial charge in [-0.1, -0.05) is 42.5 Å². The van der Waals surface area contributed by atoms with Gasteiger partial charge in [0.2, 0.25) is 5.82 Å². The molecular weight excluding hydrogens is 401 g/mol. The highest BCUT2D eigenvalue weighted by Gasteiger charge is 2.31. The molecule has 3 aromatic carbocycles. The highest BCUT2D eigenvalue weighted by Crippen LogP contribution is 2.35. The van der Waals surface area contributed by atoms with Crippen LogP contribution in [-0.2, 0) is 13.0 Å². The van der Waals surface area contributed by atoms with Crippen molar-refractivity contribution in [2.24, 2.45) is 0 Å². The Morgan fingerprint density at radius 3 is 2.13 bits per heavy atom. The summed E-state index contributed by atoms with van der Waals surface area (Å²) in [4.78, 5) is 2.16. The van der Waals surface area contributed by atoms with E-state index in [1.54, 1.807) is 12.1 Å². The molecule has 4 rings (SSSR count). The number of fused-ring (bicyclic) bond motifs is 1. The number of anilines is 1. The summed E-state index contributed by atoms with van der Waals surface area (Å²) in [6.07, 6.45) is -0.468. The fourth-order valence-electron chi connectivity index (χ4n) is 3.86. The minimum atomic E-state index is -2.25. The number of aliphatic hydroxyl groups excluding tert-OH is 1. The second kappa shape index (κ2) is 8.07. The lowest BCUT2D eigenvalue weighted by Gasteiger charge is -2.32. The van der Waals surface area contributed by atoms with Crippen molar-refractivity contribution < 1.29 is 27.1 Å². The maximum Gasteiger partial charge on any atom is 0.200 e. The zero-order valence-electron chi connectivity index (χ0n) is 15.8. The highest BCUT2D eigenvalue weighted by atomic mass is 19.2. The lowest BCUT2D eigenvalue weighted by atomic mass is 9.93. The van der Waals surface area contributed by atoms with Crippen LogP contribution in [0.1, 0.15) is 34.8 Å². The van der Waals surface area contributed by atoms with Crippen molar-refractivity contribution in [2.45, 2.75) is 25.5 Å². The van der Waals surface area contributed by atoms with Gasteiger partial charge in [-0.2, -0.15) is 0 Å². The van der Waals surface area contributed by atoms with Crippen LogP contribution in [0.15, 0.2) is 48.5 Å². The van der Waals surface area contributed by atoms with E-state index in [9.17, 15) is 27.1 Å². The number of aryl methyl sites for hydroxylation is 1. The van der Waals surface area contributed by atoms with Crippen molar-refractivity contribution in [3.05, 3.63) is 99.9 Å². The maximum absolute atomic E-state index is 14.1. The van der Waals surface area contributed by atoms with Crippen molar-refractivity contribution in [2.75, 3.05) is 11.4 Å². The third kappa shape index (κ3) is 3.54. The van der Waals surface area contributed by atoms with Crippen LogP contribution < -0.4 is 4.90 Å². The Morgan fingerprint density at radius 1 is 0.833 bits per heavy atom. The molecule has 0 saturated carbocycles. The van der Waals surface area contributed by atoms with Gasteiger partial charge < -0.3 is 10.0 Å². The first-order valence-corrected chi connectivity index (χ1v) is 9.49. The fraction of sp³-hybridized carbons (Fsp3) is 0.217. The standard InChI is InChI=1S/C23H18F5NO/c24-18-17(19(25)21(27)22(28)20(18)26)23(30)15-8-9-16-14(11-15)7-4-10-29(16)12-13-5-2-1-3-6-13/h1-3,5-6,8-9,11,23,30H,4,7,10,12H2. The molecule has 156 valence electrons. The van der Waals surface area contributed by atoms with Gasteiger partial charge >= 0.3 is 0 Å². The Bertz CT molecular complexity index is 1060. The average Bonchev–Trinajstić information content (AvgIpc) is 2.77. The Kier molecular flexibility index (Phi) is 5.47. The van der Waals surface area contributed by atoms with E-state index in [2.05, 4.69) is 4.90 Å². The normalized spacial score (nSPS) is 14.5. The van der Waals surface area contributed by atoms with Crippen molar-refractivity contribution >= 4 is 5.69 Å². The molecule has 3 aromatic rings. The summed E-state index contributed by atoms with van der Waals surface area (Å²) in [5, 5.41) is 10.4. The third-order valence-corrected chi connectivity index (χ3v) is 5.37. The minimum Gasteiger partial charge on any atom is -0.383 e. The van der Waals surface area contributed by atoms with Crippen molar-refractivity contribution in [1.82, 2.24) is 0 Å². The predicted octanol–water partition coefficient (Wildman–Crippen LogP) is 5.42.